The zero-order valence-electron chi connectivity index (χ0n) is 10.8. The van der Waals surface area contributed by atoms with E-state index in [1.54, 1.807) is 6.92 Å². The molecule has 8 N–H and O–H groups in total. The van der Waals surface area contributed by atoms with Crippen molar-refractivity contribution in [2.75, 3.05) is 6.54 Å². The second-order valence-corrected chi connectivity index (χ2v) is 3.94. The molecule has 0 aromatic heterocycles. The molecule has 0 bridgehead atoms. The summed E-state index contributed by atoms with van der Waals surface area (Å²) in [5.41, 5.74) is 5.69. The van der Waals surface area contributed by atoms with Crippen molar-refractivity contribution in [3.8, 4) is 0 Å². The molecular weight excluding hydrogens is 281 g/mol. The second kappa shape index (κ2) is 14.9. The van der Waals surface area contributed by atoms with Crippen molar-refractivity contribution < 1.29 is 15.7 Å². The number of aliphatic hydroxyl groups is 2. The molecule has 3 atom stereocenters. The van der Waals surface area contributed by atoms with Crippen LogP contribution in [0.5, 0.6) is 0 Å². The Morgan fingerprint density at radius 1 is 1.28 bits per heavy atom. The molecular formula is C10H27Cl2N3O3. The normalized spacial score (nSPS) is 14.1. The average molecular weight is 308 g/mol. The number of nitrogens with two attached hydrogens (primary N) is 1. The largest absolute Gasteiger partial charge is 0.412 e. The van der Waals surface area contributed by atoms with Crippen molar-refractivity contribution in [2.24, 2.45) is 5.73 Å². The number of nitrogens with one attached hydrogen (secondary N) is 2. The Kier molecular flexibility index (Phi) is 22.0. The van der Waals surface area contributed by atoms with Gasteiger partial charge in [0.2, 0.25) is 0 Å². The van der Waals surface area contributed by atoms with E-state index in [1.807, 2.05) is 0 Å². The minimum Gasteiger partial charge on any atom is -0.412 e. The first kappa shape index (κ1) is 26.5. The van der Waals surface area contributed by atoms with Gasteiger partial charge in [-0.15, -0.1) is 24.8 Å². The van der Waals surface area contributed by atoms with Gasteiger partial charge >= 0.3 is 0 Å². The molecule has 0 amide bonds. The summed E-state index contributed by atoms with van der Waals surface area (Å²) in [7, 11) is 0. The van der Waals surface area contributed by atoms with Crippen LogP contribution >= 0.6 is 24.8 Å². The molecule has 0 aliphatic rings. The van der Waals surface area contributed by atoms with Gasteiger partial charge < -0.3 is 26.7 Å². The molecule has 0 aliphatic carbocycles. The second-order valence-electron chi connectivity index (χ2n) is 3.94. The number of unbranched alkanes of at least 4 members (excludes halogenated alkanes) is 1. The molecule has 0 fully saturated rings. The third-order valence-electron chi connectivity index (χ3n) is 2.29. The van der Waals surface area contributed by atoms with Gasteiger partial charge in [-0.25, -0.2) is 0 Å². The summed E-state index contributed by atoms with van der Waals surface area (Å²) in [4.78, 5) is 0. The molecule has 0 heterocycles. The summed E-state index contributed by atoms with van der Waals surface area (Å²) in [6.45, 7) is 3.99. The van der Waals surface area contributed by atoms with Crippen LogP contribution in [0.15, 0.2) is 0 Å². The maximum atomic E-state index is 9.41. The topological polar surface area (TPSA) is 134 Å². The molecule has 6 nitrogen and oxygen atoms in total. The first-order valence-corrected chi connectivity index (χ1v) is 5.36. The molecule has 2 unspecified atom stereocenters. The Balaban J connectivity index is -0.000000327. The number of hydrogen-bond donors (Lipinski definition) is 5. The summed E-state index contributed by atoms with van der Waals surface area (Å²) in [6, 6.07) is -0.369. The van der Waals surface area contributed by atoms with E-state index >= 15 is 0 Å². The van der Waals surface area contributed by atoms with E-state index in [4.69, 9.17) is 16.2 Å². The van der Waals surface area contributed by atoms with Crippen molar-refractivity contribution in [1.29, 1.82) is 5.41 Å². The molecule has 114 valence electrons. The lowest BCUT2D eigenvalue weighted by molar-refractivity contribution is 0.0131. The fourth-order valence-corrected chi connectivity index (χ4v) is 1.31. The molecule has 0 radical (unpaired) electrons. The molecule has 8 heteroatoms. The lowest BCUT2D eigenvalue weighted by Gasteiger charge is -2.21. The number of halogens is 2. The van der Waals surface area contributed by atoms with Crippen molar-refractivity contribution in [3.63, 3.8) is 0 Å². The zero-order chi connectivity index (χ0) is 11.8. The Morgan fingerprint density at radius 2 is 1.78 bits per heavy atom. The minimum absolute atomic E-state index is 0. The van der Waals surface area contributed by atoms with Crippen LogP contribution in [-0.4, -0.2) is 46.3 Å². The average Bonchev–Trinajstić information content (AvgIpc) is 2.15. The van der Waals surface area contributed by atoms with E-state index in [1.165, 1.54) is 6.92 Å². The van der Waals surface area contributed by atoms with E-state index in [-0.39, 0.29) is 36.3 Å². The van der Waals surface area contributed by atoms with Gasteiger partial charge in [0.1, 0.15) is 0 Å². The Hall–Kier alpha value is -0.110. The number of hydrogen-bond acceptors (Lipinski definition) is 4. The fourth-order valence-electron chi connectivity index (χ4n) is 1.31. The third-order valence-corrected chi connectivity index (χ3v) is 2.29. The lowest BCUT2D eigenvalue weighted by atomic mass is 10.0. The van der Waals surface area contributed by atoms with Gasteiger partial charge in [0.25, 0.3) is 0 Å². The van der Waals surface area contributed by atoms with Gasteiger partial charge in [0.15, 0.2) is 0 Å². The van der Waals surface area contributed by atoms with Gasteiger partial charge in [-0.1, -0.05) is 6.42 Å². The molecule has 0 saturated heterocycles. The number of aliphatic hydroxyl groups excluding tert-OH is 2. The first-order valence-electron chi connectivity index (χ1n) is 5.36. The third kappa shape index (κ3) is 14.0. The van der Waals surface area contributed by atoms with Crippen LogP contribution in [0.1, 0.15) is 33.1 Å². The molecule has 0 spiro atoms. The number of rotatable bonds is 7. The maximum absolute atomic E-state index is 9.41. The molecule has 0 aliphatic heterocycles. The molecule has 0 rings (SSSR count). The Bertz CT molecular complexity index is 197. The van der Waals surface area contributed by atoms with Crippen molar-refractivity contribution in [3.05, 3.63) is 0 Å². The zero-order valence-corrected chi connectivity index (χ0v) is 12.5. The summed E-state index contributed by atoms with van der Waals surface area (Å²) in [5.74, 6) is 0.461. The van der Waals surface area contributed by atoms with Gasteiger partial charge in [-0.3, -0.25) is 5.41 Å². The fraction of sp³-hybridized carbons (Fsp3) is 0.900. The summed E-state index contributed by atoms with van der Waals surface area (Å²) >= 11 is 0. The lowest BCUT2D eigenvalue weighted by Crippen LogP contribution is -2.41. The van der Waals surface area contributed by atoms with Crippen LogP contribution < -0.4 is 11.1 Å². The minimum atomic E-state index is -0.845. The van der Waals surface area contributed by atoms with Crippen LogP contribution in [0.2, 0.25) is 0 Å². The Labute approximate surface area is 121 Å². The van der Waals surface area contributed by atoms with Crippen LogP contribution in [0.25, 0.3) is 0 Å². The van der Waals surface area contributed by atoms with Gasteiger partial charge in [-0.2, -0.15) is 0 Å². The quantitative estimate of drug-likeness (QED) is 0.253. The molecule has 0 saturated carbocycles. The monoisotopic (exact) mass is 307 g/mol. The van der Waals surface area contributed by atoms with E-state index in [9.17, 15) is 5.11 Å². The molecule has 18 heavy (non-hydrogen) atoms. The molecule has 0 aromatic rings. The van der Waals surface area contributed by atoms with Gasteiger partial charge in [0.05, 0.1) is 18.0 Å². The summed E-state index contributed by atoms with van der Waals surface area (Å²) in [6.07, 6.45) is 0.858. The predicted octanol–water partition coefficient (Wildman–Crippen LogP) is -0.169. The van der Waals surface area contributed by atoms with Gasteiger partial charge in [0, 0.05) is 12.6 Å². The first-order chi connectivity index (χ1) is 6.95. The van der Waals surface area contributed by atoms with Crippen molar-refractivity contribution in [2.45, 2.75) is 51.4 Å². The van der Waals surface area contributed by atoms with Crippen molar-refractivity contribution in [1.82, 2.24) is 5.32 Å². The highest BCUT2D eigenvalue weighted by Gasteiger charge is 2.18. The maximum Gasteiger partial charge on any atom is 0.0946 e. The summed E-state index contributed by atoms with van der Waals surface area (Å²) in [5, 5.41) is 28.5. The van der Waals surface area contributed by atoms with E-state index in [2.05, 4.69) is 5.32 Å². The van der Waals surface area contributed by atoms with Crippen LogP contribution in [0.3, 0.4) is 0 Å². The highest BCUT2D eigenvalue weighted by atomic mass is 35.5. The highest BCUT2D eigenvalue weighted by Crippen LogP contribution is 2.05. The van der Waals surface area contributed by atoms with E-state index < -0.39 is 12.2 Å². The van der Waals surface area contributed by atoms with E-state index in [0.717, 1.165) is 19.4 Å². The number of amidine groups is 1. The Morgan fingerprint density at radius 3 is 2.17 bits per heavy atom. The smallest absolute Gasteiger partial charge is 0.0946 e. The highest BCUT2D eigenvalue weighted by molar-refractivity contribution is 5.85. The predicted molar refractivity (Wildman–Crippen MR) is 79.0 cm³/mol. The van der Waals surface area contributed by atoms with Gasteiger partial charge in [-0.05, 0) is 26.7 Å². The van der Waals surface area contributed by atoms with Crippen LogP contribution in [0.4, 0.5) is 0 Å². The summed E-state index contributed by atoms with van der Waals surface area (Å²) < 4.78 is 0. The molecule has 0 aromatic carbocycles. The standard InChI is InChI=1S/C10H23N3O2.2ClH.H2O/c1-7(14)10(15)9(12)5-3-4-6-13-8(2)11;;;/h7,9-10,14-15H,3-6,12H2,1-2H3,(H2,11,13);2*1H;1H2/t7?,9-,10?;;;/m0.../s1. The van der Waals surface area contributed by atoms with Crippen LogP contribution in [-0.2, 0) is 0 Å². The van der Waals surface area contributed by atoms with Crippen LogP contribution in [0, 0.1) is 5.41 Å². The van der Waals surface area contributed by atoms with E-state index in [0.29, 0.717) is 12.3 Å². The SMILES string of the molecule is CC(=N)NCCCC[C@H](N)C(O)C(C)O.Cl.Cl.O. The van der Waals surface area contributed by atoms with Crippen molar-refractivity contribution >= 4 is 30.6 Å².